The van der Waals surface area contributed by atoms with E-state index in [0.29, 0.717) is 6.04 Å². The van der Waals surface area contributed by atoms with E-state index in [9.17, 15) is 4.79 Å². The molecular formula is C26H26N4OS. The third kappa shape index (κ3) is 3.57. The average Bonchev–Trinajstić information content (AvgIpc) is 3.41. The van der Waals surface area contributed by atoms with E-state index in [0.717, 1.165) is 55.3 Å². The number of thiophene rings is 1. The lowest BCUT2D eigenvalue weighted by molar-refractivity contribution is 0.466. The number of nitrogens with one attached hydrogen (secondary N) is 1. The molecule has 6 rings (SSSR count). The molecule has 3 heterocycles. The van der Waals surface area contributed by atoms with Gasteiger partial charge in [0.1, 0.15) is 4.83 Å². The SMILES string of the molecule is O=c1c2c3c(sc2ncn1C1Cc2ccccc2C1)CC(NCCc1ccncc1)CC3. The average molecular weight is 443 g/mol. The second kappa shape index (κ2) is 8.26. The van der Waals surface area contributed by atoms with Crippen LogP contribution in [0.1, 0.15) is 39.6 Å². The van der Waals surface area contributed by atoms with Crippen LogP contribution in [-0.4, -0.2) is 27.1 Å². The number of benzene rings is 1. The van der Waals surface area contributed by atoms with Crippen LogP contribution in [0.15, 0.2) is 59.9 Å². The Balaban J connectivity index is 1.20. The van der Waals surface area contributed by atoms with E-state index in [4.69, 9.17) is 4.98 Å². The summed E-state index contributed by atoms with van der Waals surface area (Å²) in [6, 6.07) is 13.3. The molecule has 0 amide bonds. The van der Waals surface area contributed by atoms with Crippen LogP contribution in [0.4, 0.5) is 0 Å². The summed E-state index contributed by atoms with van der Waals surface area (Å²) in [6.45, 7) is 0.961. The van der Waals surface area contributed by atoms with Gasteiger partial charge in [-0.05, 0) is 79.5 Å². The van der Waals surface area contributed by atoms with Crippen molar-refractivity contribution in [3.8, 4) is 0 Å². The second-order valence-electron chi connectivity index (χ2n) is 8.97. The third-order valence-electron chi connectivity index (χ3n) is 7.01. The molecule has 0 saturated heterocycles. The molecule has 0 aliphatic heterocycles. The van der Waals surface area contributed by atoms with Crippen LogP contribution in [0.25, 0.3) is 10.2 Å². The summed E-state index contributed by atoms with van der Waals surface area (Å²) in [5.41, 5.74) is 5.42. The minimum atomic E-state index is 0.148. The minimum absolute atomic E-state index is 0.148. The summed E-state index contributed by atoms with van der Waals surface area (Å²) < 4.78 is 1.90. The maximum Gasteiger partial charge on any atom is 0.262 e. The van der Waals surface area contributed by atoms with Crippen molar-refractivity contribution in [1.29, 1.82) is 0 Å². The van der Waals surface area contributed by atoms with Gasteiger partial charge in [0.05, 0.1) is 11.7 Å². The Hall–Kier alpha value is -2.83. The standard InChI is InChI=1S/C26H26N4OS/c31-26-24-22-6-5-20(28-12-9-17-7-10-27-11-8-17)15-23(22)32-25(24)29-16-30(26)21-13-18-3-1-2-4-19(18)14-21/h1-4,7-8,10-11,16,20-21,28H,5-6,9,12-15H2. The predicted molar refractivity (Wildman–Crippen MR) is 129 cm³/mol. The van der Waals surface area contributed by atoms with Crippen LogP contribution < -0.4 is 10.9 Å². The van der Waals surface area contributed by atoms with Crippen molar-refractivity contribution >= 4 is 21.6 Å². The number of aromatic nitrogens is 3. The molecule has 0 bridgehead atoms. The van der Waals surface area contributed by atoms with Gasteiger partial charge in [-0.1, -0.05) is 24.3 Å². The molecule has 3 aromatic heterocycles. The van der Waals surface area contributed by atoms with Crippen LogP contribution >= 0.6 is 11.3 Å². The molecule has 4 aromatic rings. The van der Waals surface area contributed by atoms with Crippen molar-refractivity contribution in [2.75, 3.05) is 6.54 Å². The van der Waals surface area contributed by atoms with Crippen LogP contribution in [-0.2, 0) is 32.1 Å². The Labute approximate surface area is 191 Å². The largest absolute Gasteiger partial charge is 0.313 e. The summed E-state index contributed by atoms with van der Waals surface area (Å²) in [4.78, 5) is 24.6. The van der Waals surface area contributed by atoms with Crippen molar-refractivity contribution in [1.82, 2.24) is 19.9 Å². The van der Waals surface area contributed by atoms with E-state index in [1.165, 1.54) is 27.1 Å². The molecule has 0 radical (unpaired) electrons. The first kappa shape index (κ1) is 19.8. The van der Waals surface area contributed by atoms with Gasteiger partial charge in [0.2, 0.25) is 0 Å². The summed E-state index contributed by atoms with van der Waals surface area (Å²) in [5, 5.41) is 4.59. The molecule has 1 unspecified atom stereocenters. The zero-order valence-electron chi connectivity index (χ0n) is 18.0. The number of rotatable bonds is 5. The summed E-state index contributed by atoms with van der Waals surface area (Å²) in [7, 11) is 0. The lowest BCUT2D eigenvalue weighted by Gasteiger charge is -2.23. The zero-order chi connectivity index (χ0) is 21.5. The van der Waals surface area contributed by atoms with Gasteiger partial charge < -0.3 is 5.32 Å². The molecule has 2 aliphatic carbocycles. The van der Waals surface area contributed by atoms with Crippen molar-refractivity contribution in [3.63, 3.8) is 0 Å². The van der Waals surface area contributed by atoms with E-state index in [1.54, 1.807) is 17.7 Å². The van der Waals surface area contributed by atoms with Gasteiger partial charge in [0.15, 0.2) is 0 Å². The van der Waals surface area contributed by atoms with Gasteiger partial charge >= 0.3 is 0 Å². The normalized spacial score (nSPS) is 18.1. The lowest BCUT2D eigenvalue weighted by atomic mass is 9.93. The van der Waals surface area contributed by atoms with Gasteiger partial charge in [-0.25, -0.2) is 4.98 Å². The third-order valence-corrected chi connectivity index (χ3v) is 8.18. The first-order valence-electron chi connectivity index (χ1n) is 11.5. The molecule has 1 N–H and O–H groups in total. The molecule has 32 heavy (non-hydrogen) atoms. The monoisotopic (exact) mass is 442 g/mol. The van der Waals surface area contributed by atoms with E-state index in [2.05, 4.69) is 46.7 Å². The van der Waals surface area contributed by atoms with Crippen LogP contribution in [0.5, 0.6) is 0 Å². The number of fused-ring (bicyclic) bond motifs is 4. The van der Waals surface area contributed by atoms with Crippen LogP contribution in [0.3, 0.4) is 0 Å². The van der Waals surface area contributed by atoms with Gasteiger partial charge in [0, 0.05) is 29.4 Å². The molecule has 2 aliphatic rings. The van der Waals surface area contributed by atoms with Crippen LogP contribution in [0, 0.1) is 0 Å². The number of nitrogens with zero attached hydrogens (tertiary/aromatic N) is 3. The smallest absolute Gasteiger partial charge is 0.262 e. The zero-order valence-corrected chi connectivity index (χ0v) is 18.8. The maximum absolute atomic E-state index is 13.5. The van der Waals surface area contributed by atoms with Crippen molar-refractivity contribution in [2.45, 2.75) is 50.6 Å². The Kier molecular flexibility index (Phi) is 5.12. The van der Waals surface area contributed by atoms with Gasteiger partial charge in [-0.2, -0.15) is 0 Å². The molecule has 5 nitrogen and oxygen atoms in total. The Bertz CT molecular complexity index is 1300. The van der Waals surface area contributed by atoms with Crippen molar-refractivity contribution in [3.05, 3.63) is 92.6 Å². The second-order valence-corrected chi connectivity index (χ2v) is 10.1. The van der Waals surface area contributed by atoms with Crippen LogP contribution in [0.2, 0.25) is 0 Å². The molecule has 1 atom stereocenters. The summed E-state index contributed by atoms with van der Waals surface area (Å²) in [6.07, 6.45) is 11.3. The summed E-state index contributed by atoms with van der Waals surface area (Å²) in [5.74, 6) is 0. The Morgan fingerprint density at radius 2 is 1.84 bits per heavy atom. The summed E-state index contributed by atoms with van der Waals surface area (Å²) >= 11 is 1.71. The molecule has 6 heteroatoms. The fourth-order valence-corrected chi connectivity index (χ4v) is 6.57. The fourth-order valence-electron chi connectivity index (χ4n) is 5.32. The topological polar surface area (TPSA) is 59.8 Å². The van der Waals surface area contributed by atoms with Gasteiger partial charge in [-0.3, -0.25) is 14.3 Å². The Morgan fingerprint density at radius 1 is 1.06 bits per heavy atom. The highest BCUT2D eigenvalue weighted by molar-refractivity contribution is 7.18. The highest BCUT2D eigenvalue weighted by Gasteiger charge is 2.28. The maximum atomic E-state index is 13.5. The first-order chi connectivity index (χ1) is 15.8. The number of hydrogen-bond donors (Lipinski definition) is 1. The van der Waals surface area contributed by atoms with Crippen molar-refractivity contribution in [2.24, 2.45) is 0 Å². The van der Waals surface area contributed by atoms with E-state index in [-0.39, 0.29) is 11.6 Å². The molecular weight excluding hydrogens is 416 g/mol. The molecule has 0 saturated carbocycles. The Morgan fingerprint density at radius 3 is 2.62 bits per heavy atom. The van der Waals surface area contributed by atoms with E-state index < -0.39 is 0 Å². The number of pyridine rings is 1. The highest BCUT2D eigenvalue weighted by atomic mass is 32.1. The molecule has 1 aromatic carbocycles. The lowest BCUT2D eigenvalue weighted by Crippen LogP contribution is -2.35. The fraction of sp³-hybridized carbons (Fsp3) is 0.346. The van der Waals surface area contributed by atoms with Gasteiger partial charge in [0.25, 0.3) is 5.56 Å². The van der Waals surface area contributed by atoms with Gasteiger partial charge in [-0.15, -0.1) is 11.3 Å². The van der Waals surface area contributed by atoms with E-state index in [1.807, 2.05) is 17.0 Å². The molecule has 162 valence electrons. The quantitative estimate of drug-likeness (QED) is 0.510. The number of aryl methyl sites for hydroxylation is 1. The molecule has 0 fully saturated rings. The number of hydrogen-bond acceptors (Lipinski definition) is 5. The first-order valence-corrected chi connectivity index (χ1v) is 12.3. The molecule has 0 spiro atoms. The van der Waals surface area contributed by atoms with E-state index >= 15 is 0 Å². The minimum Gasteiger partial charge on any atom is -0.313 e. The highest BCUT2D eigenvalue weighted by Crippen LogP contribution is 2.35. The van der Waals surface area contributed by atoms with Crippen molar-refractivity contribution < 1.29 is 0 Å². The predicted octanol–water partition coefficient (Wildman–Crippen LogP) is 3.88.